The zero-order valence-electron chi connectivity index (χ0n) is 27.4. The second-order valence-corrected chi connectivity index (χ2v) is 14.7. The minimum atomic E-state index is -1.19. The molecule has 44 heavy (non-hydrogen) atoms. The van der Waals surface area contributed by atoms with Crippen LogP contribution in [0.1, 0.15) is 85.7 Å². The standard InChI is InChI=1S/C33H45Cl2F2N5O2/c1-20(2)41(19-22-12-11-13-23(34)28(22)36)15-14-33(10,30(43)44-32(7,8)9)18-25-29(37)24(35)17-26(38-25)39-27-16-21(3)42(40-27)31(4,5)6/h11-13,16-17,20H,14-15,18-19H2,1-10H3,(H,38,39,40). The van der Waals surface area contributed by atoms with Crippen molar-refractivity contribution in [3.05, 3.63) is 69.0 Å². The minimum Gasteiger partial charge on any atom is -0.460 e. The normalized spacial score (nSPS) is 13.8. The van der Waals surface area contributed by atoms with Crippen LogP contribution < -0.4 is 5.32 Å². The quantitative estimate of drug-likeness (QED) is 0.209. The predicted octanol–water partition coefficient (Wildman–Crippen LogP) is 8.86. The van der Waals surface area contributed by atoms with Crippen molar-refractivity contribution in [2.24, 2.45) is 5.41 Å². The zero-order chi connectivity index (χ0) is 33.2. The van der Waals surface area contributed by atoms with Gasteiger partial charge in [0.2, 0.25) is 0 Å². The number of aryl methyl sites for hydroxylation is 1. The molecule has 3 rings (SSSR count). The van der Waals surface area contributed by atoms with Crippen LogP contribution in [0.2, 0.25) is 10.0 Å². The number of carbonyl (C=O) groups excluding carboxylic acids is 1. The lowest BCUT2D eigenvalue weighted by molar-refractivity contribution is -0.167. The van der Waals surface area contributed by atoms with Gasteiger partial charge in [0.25, 0.3) is 0 Å². The van der Waals surface area contributed by atoms with Crippen LogP contribution in [0.4, 0.5) is 20.4 Å². The number of pyridine rings is 1. The highest BCUT2D eigenvalue weighted by Gasteiger charge is 2.39. The number of rotatable bonds is 11. The Morgan fingerprint density at radius 1 is 1.02 bits per heavy atom. The van der Waals surface area contributed by atoms with Crippen molar-refractivity contribution in [1.29, 1.82) is 0 Å². The highest BCUT2D eigenvalue weighted by Crippen LogP contribution is 2.34. The SMILES string of the molecule is Cc1cc(Nc2cc(Cl)c(F)c(CC(C)(CCN(Cc3cccc(Cl)c3F)C(C)C)C(=O)OC(C)(C)C)n2)nn1C(C)(C)C. The van der Waals surface area contributed by atoms with Gasteiger partial charge >= 0.3 is 5.97 Å². The number of ether oxygens (including phenoxy) is 1. The largest absolute Gasteiger partial charge is 0.460 e. The van der Waals surface area contributed by atoms with E-state index in [2.05, 4.69) is 15.4 Å². The fourth-order valence-electron chi connectivity index (χ4n) is 4.91. The summed E-state index contributed by atoms with van der Waals surface area (Å²) < 4.78 is 38.0. The van der Waals surface area contributed by atoms with Crippen LogP contribution in [0.25, 0.3) is 0 Å². The third-order valence-electron chi connectivity index (χ3n) is 7.30. The first-order chi connectivity index (χ1) is 20.2. The Hall–Kier alpha value is -2.75. The number of nitrogens with zero attached hydrogens (tertiary/aromatic N) is 4. The van der Waals surface area contributed by atoms with Gasteiger partial charge < -0.3 is 10.1 Å². The highest BCUT2D eigenvalue weighted by atomic mass is 35.5. The molecule has 0 fully saturated rings. The number of esters is 1. The molecule has 0 spiro atoms. The van der Waals surface area contributed by atoms with Crippen LogP contribution in [0.3, 0.4) is 0 Å². The van der Waals surface area contributed by atoms with E-state index in [0.717, 1.165) is 5.69 Å². The lowest BCUT2D eigenvalue weighted by atomic mass is 9.81. The molecule has 0 aliphatic carbocycles. The van der Waals surface area contributed by atoms with Crippen molar-refractivity contribution >= 4 is 40.8 Å². The third kappa shape index (κ3) is 9.14. The fourth-order valence-corrected chi connectivity index (χ4v) is 5.31. The predicted molar refractivity (Wildman–Crippen MR) is 174 cm³/mol. The lowest BCUT2D eigenvalue weighted by Crippen LogP contribution is -2.41. The van der Waals surface area contributed by atoms with E-state index in [-0.39, 0.29) is 46.7 Å². The lowest BCUT2D eigenvalue weighted by Gasteiger charge is -2.35. The van der Waals surface area contributed by atoms with Crippen LogP contribution in [-0.4, -0.2) is 43.8 Å². The second-order valence-electron chi connectivity index (χ2n) is 13.9. The van der Waals surface area contributed by atoms with E-state index in [4.69, 9.17) is 27.9 Å². The summed E-state index contributed by atoms with van der Waals surface area (Å²) in [4.78, 5) is 20.3. The summed E-state index contributed by atoms with van der Waals surface area (Å²) in [5, 5.41) is 7.69. The van der Waals surface area contributed by atoms with Gasteiger partial charge in [-0.05, 0) is 88.3 Å². The maximum absolute atomic E-state index is 15.5. The molecule has 0 amide bonds. The molecule has 1 atom stereocenters. The monoisotopic (exact) mass is 651 g/mol. The van der Waals surface area contributed by atoms with Crippen LogP contribution >= 0.6 is 23.2 Å². The molecule has 242 valence electrons. The molecule has 7 nitrogen and oxygen atoms in total. The molecule has 1 aromatic carbocycles. The van der Waals surface area contributed by atoms with E-state index in [9.17, 15) is 9.18 Å². The maximum atomic E-state index is 15.5. The Morgan fingerprint density at radius 2 is 1.68 bits per heavy atom. The third-order valence-corrected chi connectivity index (χ3v) is 7.86. The highest BCUT2D eigenvalue weighted by molar-refractivity contribution is 6.31. The van der Waals surface area contributed by atoms with Crippen molar-refractivity contribution in [3.63, 3.8) is 0 Å². The number of halogens is 4. The number of anilines is 2. The maximum Gasteiger partial charge on any atom is 0.312 e. The Morgan fingerprint density at radius 3 is 2.25 bits per heavy atom. The topological polar surface area (TPSA) is 72.3 Å². The first-order valence-electron chi connectivity index (χ1n) is 14.8. The number of hydrogen-bond acceptors (Lipinski definition) is 6. The Labute approximate surface area is 270 Å². The molecular weight excluding hydrogens is 607 g/mol. The first kappa shape index (κ1) is 35.7. The summed E-state index contributed by atoms with van der Waals surface area (Å²) in [5.41, 5.74) is -0.770. The van der Waals surface area contributed by atoms with Gasteiger partial charge in [0.1, 0.15) is 17.2 Å². The number of carbonyl (C=O) groups is 1. The summed E-state index contributed by atoms with van der Waals surface area (Å²) in [7, 11) is 0. The average molecular weight is 653 g/mol. The average Bonchev–Trinajstić information content (AvgIpc) is 3.26. The van der Waals surface area contributed by atoms with Gasteiger partial charge in [-0.25, -0.2) is 13.8 Å². The minimum absolute atomic E-state index is 0.0180. The molecule has 0 saturated heterocycles. The van der Waals surface area contributed by atoms with Crippen molar-refractivity contribution in [3.8, 4) is 0 Å². The van der Waals surface area contributed by atoms with E-state index in [0.29, 0.717) is 23.7 Å². The smallest absolute Gasteiger partial charge is 0.312 e. The Kier molecular flexibility index (Phi) is 11.1. The Bertz CT molecular complexity index is 1480. The molecule has 2 aromatic heterocycles. The molecule has 0 saturated carbocycles. The second kappa shape index (κ2) is 13.7. The van der Waals surface area contributed by atoms with E-state index >= 15 is 4.39 Å². The van der Waals surface area contributed by atoms with E-state index in [1.54, 1.807) is 39.8 Å². The molecule has 0 aliphatic rings. The molecule has 1 N–H and O–H groups in total. The summed E-state index contributed by atoms with van der Waals surface area (Å²) in [5.74, 6) is -0.823. The van der Waals surface area contributed by atoms with Gasteiger partial charge in [0, 0.05) is 42.4 Å². The van der Waals surface area contributed by atoms with Crippen molar-refractivity contribution in [1.82, 2.24) is 19.7 Å². The molecule has 11 heteroatoms. The molecular formula is C33H45Cl2F2N5O2. The molecule has 3 aromatic rings. The molecule has 0 bridgehead atoms. The number of aromatic nitrogens is 3. The van der Waals surface area contributed by atoms with Crippen LogP contribution in [0.5, 0.6) is 0 Å². The zero-order valence-corrected chi connectivity index (χ0v) is 28.9. The fraction of sp³-hybridized carbons (Fsp3) is 0.545. The van der Waals surface area contributed by atoms with E-state index < -0.39 is 28.6 Å². The van der Waals surface area contributed by atoms with Gasteiger partial charge in [-0.2, -0.15) is 5.10 Å². The van der Waals surface area contributed by atoms with Crippen LogP contribution in [0, 0.1) is 24.0 Å². The molecule has 0 radical (unpaired) electrons. The number of benzene rings is 1. The van der Waals surface area contributed by atoms with Crippen molar-refractivity contribution < 1.29 is 18.3 Å². The van der Waals surface area contributed by atoms with Crippen molar-refractivity contribution in [2.75, 3.05) is 11.9 Å². The van der Waals surface area contributed by atoms with Gasteiger partial charge in [-0.3, -0.25) is 14.4 Å². The summed E-state index contributed by atoms with van der Waals surface area (Å²) in [6.07, 6.45) is 0.212. The first-order valence-corrected chi connectivity index (χ1v) is 15.6. The van der Waals surface area contributed by atoms with E-state index in [1.807, 2.05) is 57.2 Å². The summed E-state index contributed by atoms with van der Waals surface area (Å²) >= 11 is 12.4. The molecule has 0 aliphatic heterocycles. The van der Waals surface area contributed by atoms with Crippen LogP contribution in [0.15, 0.2) is 30.3 Å². The van der Waals surface area contributed by atoms with Gasteiger partial charge in [0.05, 0.1) is 26.7 Å². The molecule has 1 unspecified atom stereocenters. The number of hydrogen-bond donors (Lipinski definition) is 1. The molecule has 2 heterocycles. The van der Waals surface area contributed by atoms with Gasteiger partial charge in [-0.15, -0.1) is 0 Å². The summed E-state index contributed by atoms with van der Waals surface area (Å²) in [6, 6.07) is 8.19. The van der Waals surface area contributed by atoms with Crippen molar-refractivity contribution in [2.45, 2.75) is 106 Å². The van der Waals surface area contributed by atoms with E-state index in [1.165, 1.54) is 12.1 Å². The Balaban J connectivity index is 1.94. The van der Waals surface area contributed by atoms with Crippen LogP contribution in [-0.2, 0) is 28.0 Å². The number of nitrogens with one attached hydrogen (secondary N) is 1. The summed E-state index contributed by atoms with van der Waals surface area (Å²) in [6.45, 7) is 19.9. The van der Waals surface area contributed by atoms with Gasteiger partial charge in [-0.1, -0.05) is 35.3 Å². The van der Waals surface area contributed by atoms with Gasteiger partial charge in [0.15, 0.2) is 11.6 Å².